The number of likely N-dealkylation sites (tertiary alicyclic amines) is 1. The molecule has 9 heteroatoms. The first-order valence-corrected chi connectivity index (χ1v) is 13.6. The predicted molar refractivity (Wildman–Crippen MR) is 151 cm³/mol. The first-order chi connectivity index (χ1) is 19.2. The van der Waals surface area contributed by atoms with Crippen LogP contribution in [0.1, 0.15) is 50.6 Å². The Kier molecular flexibility index (Phi) is 6.60. The van der Waals surface area contributed by atoms with Crippen molar-refractivity contribution in [3.8, 4) is 22.8 Å². The molecule has 4 aromatic rings. The van der Waals surface area contributed by atoms with Crippen LogP contribution >= 0.6 is 11.6 Å². The maximum absolute atomic E-state index is 13.2. The number of hydrogen-bond donors (Lipinski definition) is 2. The molecule has 2 aliphatic rings. The summed E-state index contributed by atoms with van der Waals surface area (Å²) in [6, 6.07) is 15.0. The molecule has 1 aromatic heterocycles. The molecular formula is C31H27ClN2O6. The average molecular weight is 559 g/mol. The quantitative estimate of drug-likeness (QED) is 0.319. The summed E-state index contributed by atoms with van der Waals surface area (Å²) in [6.45, 7) is 4.33. The Morgan fingerprint density at radius 1 is 0.925 bits per heavy atom. The predicted octanol–water partition coefficient (Wildman–Crippen LogP) is 5.31. The SMILES string of the molecule is Cc1cc(C2CCN(CCN3C(=O)c4ccccc4C3=O)CC2)c2oc(-c3ccc(O)c(Cl)c3)c(O)c(=O)c2c1. The second-order valence-corrected chi connectivity index (χ2v) is 10.8. The van der Waals surface area contributed by atoms with E-state index in [0.29, 0.717) is 40.7 Å². The fourth-order valence-electron chi connectivity index (χ4n) is 5.76. The molecule has 3 aromatic carbocycles. The summed E-state index contributed by atoms with van der Waals surface area (Å²) >= 11 is 6.07. The maximum Gasteiger partial charge on any atom is 0.261 e. The van der Waals surface area contributed by atoms with Gasteiger partial charge in [-0.2, -0.15) is 0 Å². The third-order valence-corrected chi connectivity index (χ3v) is 8.20. The first kappa shape index (κ1) is 26.1. The molecule has 204 valence electrons. The van der Waals surface area contributed by atoms with E-state index in [1.807, 2.05) is 13.0 Å². The molecule has 0 saturated carbocycles. The van der Waals surface area contributed by atoms with Crippen LogP contribution in [0.5, 0.6) is 11.5 Å². The van der Waals surface area contributed by atoms with E-state index >= 15 is 0 Å². The van der Waals surface area contributed by atoms with Crippen LogP contribution < -0.4 is 5.43 Å². The highest BCUT2D eigenvalue weighted by molar-refractivity contribution is 6.32. The fraction of sp³-hybridized carbons (Fsp3) is 0.258. The van der Waals surface area contributed by atoms with Gasteiger partial charge in [0.05, 0.1) is 21.5 Å². The van der Waals surface area contributed by atoms with Crippen LogP contribution in [0.25, 0.3) is 22.3 Å². The van der Waals surface area contributed by atoms with Crippen molar-refractivity contribution in [3.05, 3.63) is 92.1 Å². The lowest BCUT2D eigenvalue weighted by atomic mass is 9.87. The van der Waals surface area contributed by atoms with Gasteiger partial charge in [0.1, 0.15) is 11.3 Å². The highest BCUT2D eigenvalue weighted by Gasteiger charge is 2.35. The zero-order valence-electron chi connectivity index (χ0n) is 21.8. The summed E-state index contributed by atoms with van der Waals surface area (Å²) in [4.78, 5) is 42.2. The minimum absolute atomic E-state index is 0.00267. The van der Waals surface area contributed by atoms with Gasteiger partial charge in [-0.1, -0.05) is 29.8 Å². The highest BCUT2D eigenvalue weighted by Crippen LogP contribution is 2.39. The molecule has 2 amide bonds. The van der Waals surface area contributed by atoms with Crippen LogP contribution in [0.15, 0.2) is 63.8 Å². The number of aromatic hydroxyl groups is 2. The summed E-state index contributed by atoms with van der Waals surface area (Å²) in [5, 5.41) is 20.9. The Labute approximate surface area is 235 Å². The van der Waals surface area contributed by atoms with Gasteiger partial charge >= 0.3 is 0 Å². The van der Waals surface area contributed by atoms with Gasteiger partial charge in [0, 0.05) is 18.7 Å². The second kappa shape index (κ2) is 10.1. The Hall–Kier alpha value is -4.14. The number of piperidine rings is 1. The van der Waals surface area contributed by atoms with Crippen LogP contribution in [-0.4, -0.2) is 58.0 Å². The molecule has 0 radical (unpaired) electrons. The molecule has 6 rings (SSSR count). The van der Waals surface area contributed by atoms with Crippen LogP contribution in [0.4, 0.5) is 0 Å². The van der Waals surface area contributed by atoms with Crippen LogP contribution in [-0.2, 0) is 0 Å². The largest absolute Gasteiger partial charge is 0.506 e. The van der Waals surface area contributed by atoms with Gasteiger partial charge in [0.15, 0.2) is 5.76 Å². The maximum atomic E-state index is 13.2. The van der Waals surface area contributed by atoms with E-state index in [2.05, 4.69) is 4.90 Å². The average Bonchev–Trinajstić information content (AvgIpc) is 3.20. The van der Waals surface area contributed by atoms with Crippen molar-refractivity contribution < 1.29 is 24.2 Å². The fourth-order valence-corrected chi connectivity index (χ4v) is 5.94. The molecular weight excluding hydrogens is 532 g/mol. The topological polar surface area (TPSA) is 111 Å². The lowest BCUT2D eigenvalue weighted by Gasteiger charge is -2.33. The van der Waals surface area contributed by atoms with E-state index < -0.39 is 11.2 Å². The summed E-state index contributed by atoms with van der Waals surface area (Å²) in [7, 11) is 0. The van der Waals surface area contributed by atoms with E-state index in [9.17, 15) is 24.6 Å². The number of rotatable bonds is 5. The van der Waals surface area contributed by atoms with Gasteiger partial charge < -0.3 is 19.5 Å². The zero-order valence-corrected chi connectivity index (χ0v) is 22.6. The number of nitrogens with zero attached hydrogens (tertiary/aromatic N) is 2. The van der Waals surface area contributed by atoms with Gasteiger partial charge in [0.25, 0.3) is 11.8 Å². The number of amides is 2. The molecule has 0 spiro atoms. The molecule has 0 bridgehead atoms. The van der Waals surface area contributed by atoms with Crippen molar-refractivity contribution in [2.24, 2.45) is 0 Å². The number of imide groups is 1. The molecule has 3 heterocycles. The lowest BCUT2D eigenvalue weighted by molar-refractivity contribution is 0.0629. The smallest absolute Gasteiger partial charge is 0.261 e. The molecule has 2 N–H and O–H groups in total. The normalized spacial score (nSPS) is 16.2. The number of carbonyl (C=O) groups excluding carboxylic acids is 2. The minimum atomic E-state index is -0.524. The molecule has 1 fully saturated rings. The molecule has 0 unspecified atom stereocenters. The number of carbonyl (C=O) groups is 2. The molecule has 0 aliphatic carbocycles. The monoisotopic (exact) mass is 558 g/mol. The molecule has 40 heavy (non-hydrogen) atoms. The molecule has 2 aliphatic heterocycles. The van der Waals surface area contributed by atoms with Gasteiger partial charge in [-0.15, -0.1) is 0 Å². The van der Waals surface area contributed by atoms with E-state index in [1.165, 1.54) is 23.1 Å². The van der Waals surface area contributed by atoms with Crippen LogP contribution in [0.3, 0.4) is 0 Å². The number of hydrogen-bond acceptors (Lipinski definition) is 7. The standard InChI is InChI=1S/C31H27ClN2O6/c1-17-14-22(29-23(15-17)26(36)27(37)28(40-29)19-6-7-25(35)24(32)16-19)18-8-10-33(11-9-18)12-13-34-30(38)20-4-2-3-5-21(20)31(34)39/h2-7,14-16,18,35,37H,8-13H2,1H3. The van der Waals surface area contributed by atoms with Crippen LogP contribution in [0.2, 0.25) is 5.02 Å². The highest BCUT2D eigenvalue weighted by atomic mass is 35.5. The van der Waals surface area contributed by atoms with Gasteiger partial charge in [-0.25, -0.2) is 0 Å². The Morgan fingerprint density at radius 2 is 1.60 bits per heavy atom. The first-order valence-electron chi connectivity index (χ1n) is 13.2. The van der Waals surface area contributed by atoms with E-state index in [1.54, 1.807) is 30.3 Å². The summed E-state index contributed by atoms with van der Waals surface area (Å²) in [5.41, 5.74) is 2.99. The zero-order chi connectivity index (χ0) is 28.1. The third kappa shape index (κ3) is 4.43. The molecule has 0 atom stereocenters. The summed E-state index contributed by atoms with van der Waals surface area (Å²) in [6.07, 6.45) is 1.59. The Bertz CT molecular complexity index is 1700. The summed E-state index contributed by atoms with van der Waals surface area (Å²) in [5.74, 6) is -0.992. The van der Waals surface area contributed by atoms with Crippen LogP contribution in [0, 0.1) is 6.92 Å². The van der Waals surface area contributed by atoms with Gasteiger partial charge in [-0.05, 0) is 86.3 Å². The van der Waals surface area contributed by atoms with E-state index in [-0.39, 0.29) is 34.3 Å². The molecule has 8 nitrogen and oxygen atoms in total. The number of aryl methyl sites for hydroxylation is 1. The Morgan fingerprint density at radius 3 is 2.25 bits per heavy atom. The van der Waals surface area contributed by atoms with Crippen molar-refractivity contribution >= 4 is 34.4 Å². The van der Waals surface area contributed by atoms with Crippen molar-refractivity contribution in [2.45, 2.75) is 25.7 Å². The number of phenolic OH excluding ortho intramolecular Hbond substituents is 1. The van der Waals surface area contributed by atoms with Gasteiger partial charge in [-0.3, -0.25) is 19.3 Å². The molecule has 1 saturated heterocycles. The number of halogens is 1. The van der Waals surface area contributed by atoms with Crippen molar-refractivity contribution in [2.75, 3.05) is 26.2 Å². The number of benzene rings is 3. The number of fused-ring (bicyclic) bond motifs is 2. The van der Waals surface area contributed by atoms with E-state index in [0.717, 1.165) is 37.1 Å². The lowest BCUT2D eigenvalue weighted by Crippen LogP contribution is -2.41. The Balaban J connectivity index is 1.22. The minimum Gasteiger partial charge on any atom is -0.506 e. The van der Waals surface area contributed by atoms with E-state index in [4.69, 9.17) is 16.0 Å². The van der Waals surface area contributed by atoms with Crippen molar-refractivity contribution in [1.82, 2.24) is 9.80 Å². The van der Waals surface area contributed by atoms with Crippen molar-refractivity contribution in [3.63, 3.8) is 0 Å². The van der Waals surface area contributed by atoms with Gasteiger partial charge in [0.2, 0.25) is 11.2 Å². The second-order valence-electron chi connectivity index (χ2n) is 10.4. The summed E-state index contributed by atoms with van der Waals surface area (Å²) < 4.78 is 6.20. The van der Waals surface area contributed by atoms with Crippen molar-refractivity contribution in [1.29, 1.82) is 0 Å². The third-order valence-electron chi connectivity index (χ3n) is 7.90. The number of phenols is 1.